The molecular weight excluding hydrogens is 324 g/mol. The number of para-hydroxylation sites is 2. The second-order valence-electron chi connectivity index (χ2n) is 5.77. The van der Waals surface area contributed by atoms with Gasteiger partial charge in [-0.3, -0.25) is 0 Å². The fraction of sp³-hybridized carbons (Fsp3) is 0.0476. The maximum Gasteiger partial charge on any atom is 0.149 e. The molecule has 0 saturated carbocycles. The number of aromatic amines is 1. The smallest absolute Gasteiger partial charge is 0.149 e. The summed E-state index contributed by atoms with van der Waals surface area (Å²) in [4.78, 5) is 7.72. The molecule has 2 aromatic carbocycles. The minimum atomic E-state index is 0.481. The van der Waals surface area contributed by atoms with Crippen molar-refractivity contribution in [3.8, 4) is 17.5 Å². The predicted molar refractivity (Wildman–Crippen MR) is 102 cm³/mol. The summed E-state index contributed by atoms with van der Waals surface area (Å²) in [6.45, 7) is 0. The summed E-state index contributed by atoms with van der Waals surface area (Å²) in [5.41, 5.74) is 4.12. The van der Waals surface area contributed by atoms with E-state index < -0.39 is 0 Å². The van der Waals surface area contributed by atoms with E-state index in [0.717, 1.165) is 28.2 Å². The lowest BCUT2D eigenvalue weighted by Crippen LogP contribution is -1.96. The van der Waals surface area contributed by atoms with Crippen LogP contribution in [-0.4, -0.2) is 21.6 Å². The maximum absolute atomic E-state index is 9.63. The van der Waals surface area contributed by atoms with E-state index in [1.165, 1.54) is 0 Å². The molecule has 0 fully saturated rings. The average Bonchev–Trinajstić information content (AvgIpc) is 3.32. The largest absolute Gasteiger partial charge is 0.497 e. The first-order valence-corrected chi connectivity index (χ1v) is 8.17. The number of aromatic nitrogens is 3. The molecule has 26 heavy (non-hydrogen) atoms. The fourth-order valence-electron chi connectivity index (χ4n) is 2.87. The molecule has 0 amide bonds. The van der Waals surface area contributed by atoms with Gasteiger partial charge >= 0.3 is 0 Å². The fourth-order valence-corrected chi connectivity index (χ4v) is 2.87. The second kappa shape index (κ2) is 6.61. The highest BCUT2D eigenvalue weighted by Crippen LogP contribution is 2.22. The molecule has 0 radical (unpaired) electrons. The van der Waals surface area contributed by atoms with E-state index in [1.54, 1.807) is 7.11 Å². The maximum atomic E-state index is 9.63. The molecule has 0 bridgehead atoms. The molecule has 126 valence electrons. The lowest BCUT2D eigenvalue weighted by atomic mass is 10.2. The summed E-state index contributed by atoms with van der Waals surface area (Å²) in [7, 11) is 1.64. The van der Waals surface area contributed by atoms with Crippen LogP contribution in [0.4, 0.5) is 0 Å². The lowest BCUT2D eigenvalue weighted by molar-refractivity contribution is 0.414. The standard InChI is InChI=1S/C21H16N4O/c1-26-18-10-8-16(9-11-18)25-12-4-5-17(25)13-15(14-22)21-23-19-6-2-3-7-20(19)24-21/h2-13H,1H3,(H,23,24)/b15-13+. The Balaban J connectivity index is 1.75. The lowest BCUT2D eigenvalue weighted by Gasteiger charge is -2.08. The first-order valence-electron chi connectivity index (χ1n) is 8.17. The number of nitrogens with one attached hydrogen (secondary N) is 1. The van der Waals surface area contributed by atoms with Crippen LogP contribution in [0.1, 0.15) is 11.5 Å². The molecular formula is C21H16N4O. The molecule has 0 unspecified atom stereocenters. The van der Waals surface area contributed by atoms with Crippen molar-refractivity contribution in [2.45, 2.75) is 0 Å². The van der Waals surface area contributed by atoms with E-state index in [4.69, 9.17) is 4.74 Å². The number of methoxy groups -OCH3 is 1. The van der Waals surface area contributed by atoms with Gasteiger partial charge in [-0.15, -0.1) is 0 Å². The molecule has 4 rings (SSSR count). The number of H-pyrrole nitrogens is 1. The van der Waals surface area contributed by atoms with Crippen molar-refractivity contribution in [1.82, 2.24) is 14.5 Å². The van der Waals surface area contributed by atoms with Gasteiger partial charge in [0.2, 0.25) is 0 Å². The van der Waals surface area contributed by atoms with Crippen molar-refractivity contribution in [3.05, 3.63) is 78.4 Å². The highest BCUT2D eigenvalue weighted by Gasteiger charge is 2.09. The Bertz CT molecular complexity index is 1090. The number of fused-ring (bicyclic) bond motifs is 1. The zero-order valence-corrected chi connectivity index (χ0v) is 14.2. The monoisotopic (exact) mass is 340 g/mol. The number of imidazole rings is 1. The number of hydrogen-bond donors (Lipinski definition) is 1. The first kappa shape index (κ1) is 15.7. The minimum absolute atomic E-state index is 0.481. The van der Waals surface area contributed by atoms with Gasteiger partial charge in [0, 0.05) is 17.6 Å². The van der Waals surface area contributed by atoms with Crippen molar-refractivity contribution in [3.63, 3.8) is 0 Å². The molecule has 0 atom stereocenters. The van der Waals surface area contributed by atoms with E-state index in [1.807, 2.05) is 77.5 Å². The van der Waals surface area contributed by atoms with E-state index in [9.17, 15) is 5.26 Å². The highest BCUT2D eigenvalue weighted by molar-refractivity contribution is 5.90. The Hall–Kier alpha value is -3.78. The van der Waals surface area contributed by atoms with Crippen molar-refractivity contribution < 1.29 is 4.74 Å². The Morgan fingerprint density at radius 2 is 1.92 bits per heavy atom. The Kier molecular flexibility index (Phi) is 4.00. The number of nitriles is 1. The molecule has 0 spiro atoms. The third-order valence-electron chi connectivity index (χ3n) is 4.19. The zero-order chi connectivity index (χ0) is 17.9. The summed E-state index contributed by atoms with van der Waals surface area (Å²) < 4.78 is 7.22. The number of nitrogens with zero attached hydrogens (tertiary/aromatic N) is 3. The summed E-state index contributed by atoms with van der Waals surface area (Å²) in [5, 5.41) is 9.63. The second-order valence-corrected chi connectivity index (χ2v) is 5.77. The molecule has 0 aliphatic heterocycles. The van der Waals surface area contributed by atoms with Crippen LogP contribution in [0.3, 0.4) is 0 Å². The van der Waals surface area contributed by atoms with E-state index in [-0.39, 0.29) is 0 Å². The Morgan fingerprint density at radius 1 is 1.12 bits per heavy atom. The number of allylic oxidation sites excluding steroid dienone is 1. The quantitative estimate of drug-likeness (QED) is 0.559. The summed E-state index contributed by atoms with van der Waals surface area (Å²) in [5.74, 6) is 1.37. The number of hydrogen-bond acceptors (Lipinski definition) is 3. The molecule has 1 N–H and O–H groups in total. The summed E-state index contributed by atoms with van der Waals surface area (Å²) >= 11 is 0. The Labute approximate surface area is 150 Å². The molecule has 2 aromatic heterocycles. The van der Waals surface area contributed by atoms with Gasteiger partial charge < -0.3 is 14.3 Å². The predicted octanol–water partition coefficient (Wildman–Crippen LogP) is 4.43. The number of rotatable bonds is 4. The normalized spacial score (nSPS) is 11.5. The van der Waals surface area contributed by atoms with Crippen LogP contribution in [0.5, 0.6) is 5.75 Å². The molecule has 0 aliphatic rings. The molecule has 0 aliphatic carbocycles. The van der Waals surface area contributed by atoms with Crippen LogP contribution in [0.25, 0.3) is 28.4 Å². The molecule has 0 saturated heterocycles. The molecule has 5 heteroatoms. The van der Waals surface area contributed by atoms with Crippen LogP contribution >= 0.6 is 0 Å². The molecule has 4 aromatic rings. The van der Waals surface area contributed by atoms with Gasteiger partial charge in [0.15, 0.2) is 0 Å². The van der Waals surface area contributed by atoms with E-state index in [2.05, 4.69) is 16.0 Å². The van der Waals surface area contributed by atoms with Gasteiger partial charge in [0.1, 0.15) is 17.6 Å². The zero-order valence-electron chi connectivity index (χ0n) is 14.2. The topological polar surface area (TPSA) is 66.6 Å². The van der Waals surface area contributed by atoms with Crippen LogP contribution in [0.2, 0.25) is 0 Å². The van der Waals surface area contributed by atoms with Gasteiger partial charge in [-0.2, -0.15) is 5.26 Å². The molecule has 5 nitrogen and oxygen atoms in total. The highest BCUT2D eigenvalue weighted by atomic mass is 16.5. The SMILES string of the molecule is COc1ccc(-n2cccc2/C=C(\C#N)c2nc3ccccc3[nH]2)cc1. The van der Waals surface area contributed by atoms with Gasteiger partial charge in [0.05, 0.1) is 23.7 Å². The van der Waals surface area contributed by atoms with Crippen LogP contribution in [-0.2, 0) is 0 Å². The van der Waals surface area contributed by atoms with Crippen LogP contribution < -0.4 is 4.74 Å². The van der Waals surface area contributed by atoms with Gasteiger partial charge in [-0.25, -0.2) is 4.98 Å². The number of ether oxygens (including phenoxy) is 1. The average molecular weight is 340 g/mol. The van der Waals surface area contributed by atoms with Gasteiger partial charge in [-0.05, 0) is 54.6 Å². The third-order valence-corrected chi connectivity index (χ3v) is 4.19. The Morgan fingerprint density at radius 3 is 2.65 bits per heavy atom. The van der Waals surface area contributed by atoms with Crippen molar-refractivity contribution >= 4 is 22.7 Å². The van der Waals surface area contributed by atoms with E-state index >= 15 is 0 Å². The van der Waals surface area contributed by atoms with Crippen molar-refractivity contribution in [2.75, 3.05) is 7.11 Å². The first-order chi connectivity index (χ1) is 12.8. The molecule has 2 heterocycles. The van der Waals surface area contributed by atoms with Crippen LogP contribution in [0, 0.1) is 11.3 Å². The van der Waals surface area contributed by atoms with Gasteiger partial charge in [-0.1, -0.05) is 12.1 Å². The van der Waals surface area contributed by atoms with Crippen LogP contribution in [0.15, 0.2) is 66.9 Å². The third kappa shape index (κ3) is 2.85. The summed E-state index contributed by atoms with van der Waals surface area (Å²) in [6, 6.07) is 21.7. The van der Waals surface area contributed by atoms with Crippen molar-refractivity contribution in [1.29, 1.82) is 5.26 Å². The van der Waals surface area contributed by atoms with E-state index in [0.29, 0.717) is 11.4 Å². The number of benzene rings is 2. The summed E-state index contributed by atoms with van der Waals surface area (Å²) in [6.07, 6.45) is 3.79. The minimum Gasteiger partial charge on any atom is -0.497 e. The van der Waals surface area contributed by atoms with Crippen molar-refractivity contribution in [2.24, 2.45) is 0 Å². The van der Waals surface area contributed by atoms with Gasteiger partial charge in [0.25, 0.3) is 0 Å².